The lowest BCUT2D eigenvalue weighted by atomic mass is 9.99. The number of aromatic nitrogens is 1. The number of nitrogens with zero attached hydrogens (tertiary/aromatic N) is 1. The smallest absolute Gasteiger partial charge is 0.141 e. The van der Waals surface area contributed by atoms with Gasteiger partial charge in [-0.3, -0.25) is 10.8 Å². The quantitative estimate of drug-likeness (QED) is 0.637. The van der Waals surface area contributed by atoms with Crippen LogP contribution < -0.4 is 20.7 Å². The number of halogens is 2. The maximum atomic E-state index is 13.4. The lowest BCUT2D eigenvalue weighted by molar-refractivity contribution is 0.382. The van der Waals surface area contributed by atoms with Crippen molar-refractivity contribution < 1.29 is 13.9 Å². The molecule has 1 unspecified atom stereocenters. The molecule has 0 saturated heterocycles. The van der Waals surface area contributed by atoms with Crippen LogP contribution >= 0.6 is 15.9 Å². The van der Waals surface area contributed by atoms with E-state index in [0.717, 1.165) is 11.8 Å². The van der Waals surface area contributed by atoms with E-state index in [1.807, 2.05) is 0 Å². The van der Waals surface area contributed by atoms with E-state index in [2.05, 4.69) is 26.3 Å². The summed E-state index contributed by atoms with van der Waals surface area (Å²) in [4.78, 5) is 3.84. The van der Waals surface area contributed by atoms with Crippen LogP contribution in [0.4, 0.5) is 4.39 Å². The van der Waals surface area contributed by atoms with Gasteiger partial charge in [-0.1, -0.05) is 0 Å². The van der Waals surface area contributed by atoms with Crippen LogP contribution in [0.1, 0.15) is 17.2 Å². The number of ether oxygens (including phenoxy) is 2. The molecule has 0 aliphatic heterocycles. The molecule has 1 atom stereocenters. The first kappa shape index (κ1) is 15.7. The van der Waals surface area contributed by atoms with Crippen LogP contribution in [0, 0.1) is 5.82 Å². The second-order valence-electron chi connectivity index (χ2n) is 4.24. The van der Waals surface area contributed by atoms with Gasteiger partial charge < -0.3 is 9.47 Å². The van der Waals surface area contributed by atoms with Gasteiger partial charge in [-0.2, -0.15) is 0 Å². The molecule has 0 radical (unpaired) electrons. The van der Waals surface area contributed by atoms with E-state index in [0.29, 0.717) is 21.5 Å². The number of nitrogens with two attached hydrogens (primary N) is 1. The van der Waals surface area contributed by atoms with E-state index < -0.39 is 11.9 Å². The van der Waals surface area contributed by atoms with Crippen LogP contribution in [0.15, 0.2) is 35.1 Å². The van der Waals surface area contributed by atoms with Crippen LogP contribution in [-0.4, -0.2) is 19.2 Å². The van der Waals surface area contributed by atoms with E-state index in [4.69, 9.17) is 15.3 Å². The molecule has 112 valence electrons. The molecule has 1 aromatic carbocycles. The summed E-state index contributed by atoms with van der Waals surface area (Å²) in [6.45, 7) is 0. The number of hydrazine groups is 1. The summed E-state index contributed by atoms with van der Waals surface area (Å²) in [5, 5.41) is 0. The highest BCUT2D eigenvalue weighted by atomic mass is 79.9. The van der Waals surface area contributed by atoms with Gasteiger partial charge in [0.15, 0.2) is 0 Å². The molecule has 1 aromatic heterocycles. The van der Waals surface area contributed by atoms with Gasteiger partial charge in [-0.15, -0.1) is 0 Å². The molecule has 2 rings (SSSR count). The molecule has 5 nitrogen and oxygen atoms in total. The highest BCUT2D eigenvalue weighted by Gasteiger charge is 2.21. The van der Waals surface area contributed by atoms with Crippen molar-refractivity contribution in [1.29, 1.82) is 0 Å². The third-order valence-electron chi connectivity index (χ3n) is 3.05. The molecule has 0 fully saturated rings. The Hall–Kier alpha value is -1.70. The molecule has 2 aromatic rings. The number of rotatable bonds is 5. The van der Waals surface area contributed by atoms with Crippen molar-refractivity contribution in [2.24, 2.45) is 5.84 Å². The normalized spacial score (nSPS) is 12.0. The topological polar surface area (TPSA) is 69.4 Å². The predicted octanol–water partition coefficient (Wildman–Crippen LogP) is 2.55. The van der Waals surface area contributed by atoms with Crippen molar-refractivity contribution in [2.45, 2.75) is 6.04 Å². The van der Waals surface area contributed by atoms with Crippen molar-refractivity contribution in [3.63, 3.8) is 0 Å². The van der Waals surface area contributed by atoms with Gasteiger partial charge in [0.05, 0.1) is 26.5 Å². The van der Waals surface area contributed by atoms with Crippen LogP contribution in [0.25, 0.3) is 0 Å². The van der Waals surface area contributed by atoms with Gasteiger partial charge in [-0.25, -0.2) is 9.82 Å². The summed E-state index contributed by atoms with van der Waals surface area (Å²) in [6.07, 6.45) is 2.68. The average molecular weight is 356 g/mol. The second kappa shape index (κ2) is 6.84. The average Bonchev–Trinajstić information content (AvgIpc) is 2.48. The minimum atomic E-state index is -0.467. The molecule has 0 aliphatic rings. The Morgan fingerprint density at radius 1 is 1.29 bits per heavy atom. The number of hydrogen-bond acceptors (Lipinski definition) is 5. The standard InChI is InChI=1S/C14H15BrFN3O2/c1-20-11-4-3-10(14(21-2)12(11)15)13(19-17)8-5-9(16)7-18-6-8/h3-7,13,19H,17H2,1-2H3. The fourth-order valence-corrected chi connectivity index (χ4v) is 2.78. The molecule has 7 heteroatoms. The van der Waals surface area contributed by atoms with Crippen molar-refractivity contribution in [2.75, 3.05) is 14.2 Å². The van der Waals surface area contributed by atoms with Crippen LogP contribution in [0.3, 0.4) is 0 Å². The summed E-state index contributed by atoms with van der Waals surface area (Å²) in [7, 11) is 3.11. The molecular weight excluding hydrogens is 341 g/mol. The minimum absolute atomic E-state index is 0.431. The number of pyridine rings is 1. The number of hydrogen-bond donors (Lipinski definition) is 2. The maximum absolute atomic E-state index is 13.4. The Balaban J connectivity index is 2.55. The van der Waals surface area contributed by atoms with Crippen LogP contribution in [-0.2, 0) is 0 Å². The lowest BCUT2D eigenvalue weighted by Crippen LogP contribution is -2.29. The Bertz CT molecular complexity index is 640. The first-order chi connectivity index (χ1) is 10.1. The fraction of sp³-hybridized carbons (Fsp3) is 0.214. The predicted molar refractivity (Wildman–Crippen MR) is 80.6 cm³/mol. The Morgan fingerprint density at radius 2 is 2.05 bits per heavy atom. The van der Waals surface area contributed by atoms with Crippen LogP contribution in [0.2, 0.25) is 0 Å². The van der Waals surface area contributed by atoms with Crippen LogP contribution in [0.5, 0.6) is 11.5 Å². The van der Waals surface area contributed by atoms with E-state index in [1.54, 1.807) is 32.5 Å². The summed E-state index contributed by atoms with van der Waals surface area (Å²) in [5.41, 5.74) is 3.98. The van der Waals surface area contributed by atoms with Gasteiger partial charge in [0.2, 0.25) is 0 Å². The van der Waals surface area contributed by atoms with Crippen molar-refractivity contribution >= 4 is 15.9 Å². The SMILES string of the molecule is COc1ccc(C(NN)c2cncc(F)c2)c(OC)c1Br. The highest BCUT2D eigenvalue weighted by Crippen LogP contribution is 2.40. The van der Waals surface area contributed by atoms with Gasteiger partial charge in [0, 0.05) is 11.8 Å². The second-order valence-corrected chi connectivity index (χ2v) is 5.03. The van der Waals surface area contributed by atoms with Gasteiger partial charge in [0.25, 0.3) is 0 Å². The van der Waals surface area contributed by atoms with Crippen molar-refractivity contribution in [3.8, 4) is 11.5 Å². The summed E-state index contributed by atoms with van der Waals surface area (Å²) >= 11 is 3.43. The van der Waals surface area contributed by atoms with Gasteiger partial charge in [0.1, 0.15) is 21.8 Å². The zero-order valence-corrected chi connectivity index (χ0v) is 13.1. The third-order valence-corrected chi connectivity index (χ3v) is 3.80. The Labute approximate surface area is 130 Å². The maximum Gasteiger partial charge on any atom is 0.141 e. The van der Waals surface area contributed by atoms with Gasteiger partial charge in [-0.05, 0) is 39.7 Å². The first-order valence-corrected chi connectivity index (χ1v) is 6.88. The highest BCUT2D eigenvalue weighted by molar-refractivity contribution is 9.10. The van der Waals surface area contributed by atoms with E-state index >= 15 is 0 Å². The molecule has 3 N–H and O–H groups in total. The number of methoxy groups -OCH3 is 2. The third kappa shape index (κ3) is 3.15. The fourth-order valence-electron chi connectivity index (χ4n) is 2.10. The minimum Gasteiger partial charge on any atom is -0.495 e. The van der Waals surface area contributed by atoms with Crippen molar-refractivity contribution in [3.05, 3.63) is 52.0 Å². The largest absolute Gasteiger partial charge is 0.495 e. The first-order valence-electron chi connectivity index (χ1n) is 6.09. The summed E-state index contributed by atoms with van der Waals surface area (Å²) in [6, 6.07) is 4.48. The van der Waals surface area contributed by atoms with Gasteiger partial charge >= 0.3 is 0 Å². The summed E-state index contributed by atoms with van der Waals surface area (Å²) in [5.74, 6) is 6.38. The molecule has 0 amide bonds. The zero-order chi connectivity index (χ0) is 15.4. The Morgan fingerprint density at radius 3 is 2.62 bits per heavy atom. The molecule has 21 heavy (non-hydrogen) atoms. The van der Waals surface area contributed by atoms with E-state index in [9.17, 15) is 4.39 Å². The lowest BCUT2D eigenvalue weighted by Gasteiger charge is -2.21. The molecule has 0 saturated carbocycles. The monoisotopic (exact) mass is 355 g/mol. The molecule has 0 spiro atoms. The zero-order valence-electron chi connectivity index (χ0n) is 11.6. The van der Waals surface area contributed by atoms with E-state index in [-0.39, 0.29) is 0 Å². The van der Waals surface area contributed by atoms with E-state index in [1.165, 1.54) is 6.07 Å². The summed E-state index contributed by atoms with van der Waals surface area (Å²) < 4.78 is 24.7. The Kier molecular flexibility index (Phi) is 5.11. The molecule has 0 aliphatic carbocycles. The number of nitrogens with one attached hydrogen (secondary N) is 1. The number of benzene rings is 1. The molecule has 1 heterocycles. The van der Waals surface area contributed by atoms with Crippen molar-refractivity contribution in [1.82, 2.24) is 10.4 Å². The molecule has 0 bridgehead atoms. The molecular formula is C14H15BrFN3O2.